The largest absolute Gasteiger partial charge is 0.352 e. The maximum Gasteiger partial charge on any atom is 0.284 e. The molecule has 298 valence electrons. The number of imide groups is 1. The first kappa shape index (κ1) is 38.1. The minimum atomic E-state index is -2.88. The molecular formula is C40H49F3N10O3. The Hall–Kier alpha value is -4.83. The molecule has 1 aromatic carbocycles. The third-order valence-corrected chi connectivity index (χ3v) is 12.2. The monoisotopic (exact) mass is 774 g/mol. The highest BCUT2D eigenvalue weighted by atomic mass is 19.3. The molecule has 16 heteroatoms. The van der Waals surface area contributed by atoms with Crippen molar-refractivity contribution in [1.82, 2.24) is 34.6 Å². The van der Waals surface area contributed by atoms with Crippen LogP contribution in [0.15, 0.2) is 48.9 Å². The number of hydrogen-bond acceptors (Lipinski definition) is 9. The zero-order valence-electron chi connectivity index (χ0n) is 31.3. The van der Waals surface area contributed by atoms with Crippen molar-refractivity contribution in [3.63, 3.8) is 0 Å². The molecule has 0 bridgehead atoms. The highest BCUT2D eigenvalue weighted by molar-refractivity contribution is 6.08. The molecule has 56 heavy (non-hydrogen) atoms. The second-order valence-corrected chi connectivity index (χ2v) is 16.0. The van der Waals surface area contributed by atoms with Crippen molar-refractivity contribution < 1.29 is 27.6 Å². The number of carbonyl (C=O) groups excluding carboxylic acids is 3. The zero-order chi connectivity index (χ0) is 38.9. The zero-order valence-corrected chi connectivity index (χ0v) is 31.3. The van der Waals surface area contributed by atoms with Crippen molar-refractivity contribution in [2.45, 2.75) is 101 Å². The van der Waals surface area contributed by atoms with Crippen molar-refractivity contribution in [2.75, 3.05) is 42.9 Å². The smallest absolute Gasteiger partial charge is 0.284 e. The fourth-order valence-corrected chi connectivity index (χ4v) is 9.10. The number of hydrogen-bond donors (Lipinski definition) is 3. The molecule has 3 aromatic heterocycles. The van der Waals surface area contributed by atoms with E-state index in [4.69, 9.17) is 5.73 Å². The minimum Gasteiger partial charge on any atom is -0.352 e. The summed E-state index contributed by atoms with van der Waals surface area (Å²) in [5, 5.41) is 13.6. The summed E-state index contributed by atoms with van der Waals surface area (Å²) in [6, 6.07) is 9.66. The average Bonchev–Trinajstić information content (AvgIpc) is 3.82. The number of carbonyl (C=O) groups is 3. The summed E-state index contributed by atoms with van der Waals surface area (Å²) in [6.07, 6.45) is 8.57. The summed E-state index contributed by atoms with van der Waals surface area (Å²) < 4.78 is 45.7. The van der Waals surface area contributed by atoms with E-state index in [1.165, 1.54) is 22.5 Å². The maximum absolute atomic E-state index is 14.2. The van der Waals surface area contributed by atoms with Crippen LogP contribution in [0.3, 0.4) is 0 Å². The van der Waals surface area contributed by atoms with Gasteiger partial charge in [0.15, 0.2) is 11.3 Å². The number of likely N-dealkylation sites (tertiary alicyclic amines) is 1. The van der Waals surface area contributed by atoms with Crippen LogP contribution < -0.4 is 21.3 Å². The number of halogens is 3. The molecule has 8 rings (SSSR count). The Kier molecular flexibility index (Phi) is 11.1. The number of benzene rings is 1. The van der Waals surface area contributed by atoms with E-state index in [-0.39, 0.29) is 59.7 Å². The van der Waals surface area contributed by atoms with Crippen LogP contribution in [-0.2, 0) is 9.59 Å². The highest BCUT2D eigenvalue weighted by Gasteiger charge is 2.31. The van der Waals surface area contributed by atoms with Crippen molar-refractivity contribution in [1.29, 1.82) is 0 Å². The Bertz CT molecular complexity index is 2040. The van der Waals surface area contributed by atoms with E-state index >= 15 is 0 Å². The summed E-state index contributed by atoms with van der Waals surface area (Å²) in [4.78, 5) is 46.2. The van der Waals surface area contributed by atoms with E-state index in [1.54, 1.807) is 21.8 Å². The number of piperidine rings is 3. The van der Waals surface area contributed by atoms with Crippen molar-refractivity contribution in [3.05, 3.63) is 71.3 Å². The predicted molar refractivity (Wildman–Crippen MR) is 203 cm³/mol. The topological polar surface area (TPSA) is 156 Å². The van der Waals surface area contributed by atoms with E-state index in [1.807, 2.05) is 12.1 Å². The van der Waals surface area contributed by atoms with E-state index < -0.39 is 24.2 Å². The van der Waals surface area contributed by atoms with Crippen LogP contribution in [0.25, 0.3) is 5.65 Å². The molecule has 0 spiro atoms. The second kappa shape index (κ2) is 16.3. The van der Waals surface area contributed by atoms with Gasteiger partial charge in [-0.3, -0.25) is 24.4 Å². The van der Waals surface area contributed by atoms with Gasteiger partial charge in [0.25, 0.3) is 12.3 Å². The molecule has 13 nitrogen and oxygen atoms in total. The number of nitrogens with one attached hydrogen (secondary N) is 2. The molecule has 4 atom stereocenters. The first-order valence-electron chi connectivity index (χ1n) is 19.9. The lowest BCUT2D eigenvalue weighted by atomic mass is 9.83. The van der Waals surface area contributed by atoms with Gasteiger partial charge < -0.3 is 20.9 Å². The molecule has 4 N–H and O–H groups in total. The van der Waals surface area contributed by atoms with E-state index in [0.29, 0.717) is 37.0 Å². The number of nitrogens with two attached hydrogens (primary N) is 1. The molecule has 3 aliphatic heterocycles. The number of amides is 3. The van der Waals surface area contributed by atoms with E-state index in [9.17, 15) is 27.6 Å². The lowest BCUT2D eigenvalue weighted by Crippen LogP contribution is -2.48. The second-order valence-electron chi connectivity index (χ2n) is 16.0. The van der Waals surface area contributed by atoms with Gasteiger partial charge in [-0.15, -0.1) is 0 Å². The van der Waals surface area contributed by atoms with Gasteiger partial charge >= 0.3 is 0 Å². The van der Waals surface area contributed by atoms with Crippen molar-refractivity contribution in [3.8, 4) is 0 Å². The summed E-state index contributed by atoms with van der Waals surface area (Å²) >= 11 is 0. The molecule has 6 heterocycles. The molecule has 0 radical (unpaired) electrons. The van der Waals surface area contributed by atoms with E-state index in [2.05, 4.69) is 42.8 Å². The minimum absolute atomic E-state index is 0.0461. The summed E-state index contributed by atoms with van der Waals surface area (Å²) in [5.74, 6) is 0.0922. The number of rotatable bonds is 10. The molecular weight excluding hydrogens is 726 g/mol. The third kappa shape index (κ3) is 8.31. The Labute approximate surface area is 323 Å². The van der Waals surface area contributed by atoms with Crippen LogP contribution in [0.4, 0.5) is 24.7 Å². The fourth-order valence-electron chi connectivity index (χ4n) is 9.10. The summed E-state index contributed by atoms with van der Waals surface area (Å²) in [7, 11) is 0. The van der Waals surface area contributed by atoms with Gasteiger partial charge in [0.05, 0.1) is 30.4 Å². The van der Waals surface area contributed by atoms with Crippen molar-refractivity contribution in [2.24, 2.45) is 11.7 Å². The molecule has 1 aliphatic carbocycles. The van der Waals surface area contributed by atoms with Gasteiger partial charge in [0.2, 0.25) is 11.8 Å². The van der Waals surface area contributed by atoms with Crippen LogP contribution in [0.2, 0.25) is 0 Å². The van der Waals surface area contributed by atoms with Gasteiger partial charge in [-0.25, -0.2) is 22.7 Å². The third-order valence-electron chi connectivity index (χ3n) is 12.2. The van der Waals surface area contributed by atoms with Crippen molar-refractivity contribution >= 4 is 34.9 Å². The lowest BCUT2D eigenvalue weighted by Gasteiger charge is -2.35. The SMILES string of the molecule is N[C@@H]1C[C@@H](F)CN(c2ccn3ncc(C(=O)Nc4cn(C5CCC(CCN6CCC[C@H](c7ccc(C8CCC(=O)NC8=O)cc7)C6)CC5)nc4C(F)F)c3n2)C1. The first-order chi connectivity index (χ1) is 27.1. The molecule has 3 saturated heterocycles. The molecule has 3 amide bonds. The standard InChI is InChI=1S/C40H49F3N10O3/c41-28-18-29(44)22-51(21-28)34-14-17-52-38(47-34)32(19-45-52)40(56)46-33-23-53(49-36(33)37(42)43)30-9-3-24(4-10-30)13-16-50-15-1-2-27(20-50)25-5-7-26(8-6-25)31-11-12-35(54)48-39(31)55/h5-8,14,17,19,23-24,27-31,37H,1-4,9-13,15-16,18,20-22,44H2,(H,46,56)(H,48,54,55)/t24?,27-,28+,29+,30?,31?/m0/s1. The normalized spacial score (nSPS) is 26.5. The first-order valence-corrected chi connectivity index (χ1v) is 19.9. The van der Waals surface area contributed by atoms with E-state index in [0.717, 1.165) is 70.1 Å². The number of alkyl halides is 3. The molecule has 1 unspecified atom stereocenters. The number of anilines is 2. The molecule has 4 aliphatic rings. The van der Waals surface area contributed by atoms with Crippen LogP contribution in [-0.4, -0.2) is 91.9 Å². The number of nitrogens with zero attached hydrogens (tertiary/aromatic N) is 7. The maximum atomic E-state index is 14.2. The van der Waals surface area contributed by atoms with Crippen LogP contribution >= 0.6 is 0 Å². The van der Waals surface area contributed by atoms with Crippen LogP contribution in [0.5, 0.6) is 0 Å². The Morgan fingerprint density at radius 1 is 1.00 bits per heavy atom. The Balaban J connectivity index is 0.844. The van der Waals surface area contributed by atoms with Gasteiger partial charge in [0, 0.05) is 37.9 Å². The van der Waals surface area contributed by atoms with Gasteiger partial charge in [-0.1, -0.05) is 24.3 Å². The Morgan fingerprint density at radius 3 is 2.54 bits per heavy atom. The number of fused-ring (bicyclic) bond motifs is 1. The summed E-state index contributed by atoms with van der Waals surface area (Å²) in [6.45, 7) is 3.62. The average molecular weight is 775 g/mol. The van der Waals surface area contributed by atoms with Crippen LogP contribution in [0, 0.1) is 5.92 Å². The highest BCUT2D eigenvalue weighted by Crippen LogP contribution is 2.37. The van der Waals surface area contributed by atoms with Gasteiger partial charge in [-0.2, -0.15) is 10.2 Å². The Morgan fingerprint density at radius 2 is 1.79 bits per heavy atom. The molecule has 4 fully saturated rings. The number of aromatic nitrogens is 5. The lowest BCUT2D eigenvalue weighted by molar-refractivity contribution is -0.134. The summed E-state index contributed by atoms with van der Waals surface area (Å²) in [5.41, 5.74) is 8.06. The molecule has 1 saturated carbocycles. The quantitative estimate of drug-likeness (QED) is 0.177. The fraction of sp³-hybridized carbons (Fsp3) is 0.550. The van der Waals surface area contributed by atoms with Gasteiger partial charge in [0.1, 0.15) is 17.6 Å². The predicted octanol–water partition coefficient (Wildman–Crippen LogP) is 5.51. The van der Waals surface area contributed by atoms with Crippen LogP contribution in [0.1, 0.15) is 116 Å². The molecule has 4 aromatic rings. The van der Waals surface area contributed by atoms with Gasteiger partial charge in [-0.05, 0) is 99.9 Å².